The molecule has 184 valence electrons. The highest BCUT2D eigenvalue weighted by Gasteiger charge is 2.30. The topological polar surface area (TPSA) is 118 Å². The van der Waals surface area contributed by atoms with E-state index in [1.54, 1.807) is 33.7 Å². The molecule has 0 amide bonds. The third kappa shape index (κ3) is 4.60. The van der Waals surface area contributed by atoms with E-state index in [4.69, 9.17) is 0 Å². The van der Waals surface area contributed by atoms with Gasteiger partial charge in [0.05, 0.1) is 6.20 Å². The summed E-state index contributed by atoms with van der Waals surface area (Å²) >= 11 is 0. The first-order valence-electron chi connectivity index (χ1n) is 11.6. The van der Waals surface area contributed by atoms with E-state index < -0.39 is 5.60 Å². The maximum absolute atomic E-state index is 13.3. The molecule has 0 radical (unpaired) electrons. The first-order valence-corrected chi connectivity index (χ1v) is 11.6. The summed E-state index contributed by atoms with van der Waals surface area (Å²) in [5, 5.41) is 26.2. The molecule has 4 aromatic heterocycles. The van der Waals surface area contributed by atoms with Gasteiger partial charge in [-0.2, -0.15) is 10.2 Å². The van der Waals surface area contributed by atoms with Gasteiger partial charge >= 0.3 is 0 Å². The molecule has 5 aromatic rings. The van der Waals surface area contributed by atoms with Crippen LogP contribution in [0, 0.1) is 5.82 Å². The molecule has 0 fully saturated rings. The number of hydrogen-bond donors (Lipinski definition) is 3. The molecule has 0 spiro atoms. The summed E-state index contributed by atoms with van der Waals surface area (Å²) in [6.07, 6.45) is 10.8. The van der Waals surface area contributed by atoms with Crippen LogP contribution >= 0.6 is 0 Å². The molecule has 0 unspecified atom stereocenters. The fraction of sp³-hybridized carbons (Fsp3) is 0.240. The molecule has 0 saturated heterocycles. The van der Waals surface area contributed by atoms with Gasteiger partial charge in [0, 0.05) is 61.6 Å². The summed E-state index contributed by atoms with van der Waals surface area (Å²) in [5.41, 5.74) is 2.71. The fourth-order valence-electron chi connectivity index (χ4n) is 4.08. The molecule has 36 heavy (non-hydrogen) atoms. The maximum atomic E-state index is 13.3. The van der Waals surface area contributed by atoms with Crippen LogP contribution < -0.4 is 10.6 Å². The Kier molecular flexibility index (Phi) is 6.30. The number of rotatable bonds is 9. The normalized spacial score (nSPS) is 13.0. The lowest BCUT2D eigenvalue weighted by atomic mass is 9.86. The van der Waals surface area contributed by atoms with E-state index in [0.717, 1.165) is 16.6 Å². The van der Waals surface area contributed by atoms with Crippen LogP contribution in [0.3, 0.4) is 0 Å². The number of fused-ring (bicyclic) bond motifs is 1. The van der Waals surface area contributed by atoms with Crippen molar-refractivity contribution in [2.45, 2.75) is 18.9 Å². The van der Waals surface area contributed by atoms with Gasteiger partial charge in [-0.3, -0.25) is 4.68 Å². The van der Waals surface area contributed by atoms with E-state index in [0.29, 0.717) is 42.4 Å². The van der Waals surface area contributed by atoms with Gasteiger partial charge < -0.3 is 15.7 Å². The van der Waals surface area contributed by atoms with Gasteiger partial charge in [-0.05, 0) is 30.2 Å². The van der Waals surface area contributed by atoms with Crippen LogP contribution in [0.15, 0.2) is 67.6 Å². The van der Waals surface area contributed by atoms with Crippen molar-refractivity contribution in [2.24, 2.45) is 7.05 Å². The minimum atomic E-state index is -1.29. The van der Waals surface area contributed by atoms with Crippen molar-refractivity contribution in [3.63, 3.8) is 0 Å². The lowest BCUT2D eigenvalue weighted by Crippen LogP contribution is -2.27. The van der Waals surface area contributed by atoms with Crippen molar-refractivity contribution in [1.29, 1.82) is 0 Å². The summed E-state index contributed by atoms with van der Waals surface area (Å²) in [7, 11) is 1.88. The summed E-state index contributed by atoms with van der Waals surface area (Å²) < 4.78 is 16.8. The third-order valence-corrected chi connectivity index (χ3v) is 6.11. The van der Waals surface area contributed by atoms with Crippen molar-refractivity contribution in [2.75, 3.05) is 23.7 Å². The highest BCUT2D eigenvalue weighted by Crippen LogP contribution is 2.32. The number of halogens is 1. The average Bonchev–Trinajstić information content (AvgIpc) is 3.53. The predicted octanol–water partition coefficient (Wildman–Crippen LogP) is 3.23. The smallest absolute Gasteiger partial charge is 0.222 e. The SMILES string of the molecule is CC[C@](O)(c1ccc(F)cc1)c1cnc(NCCNc2ncnn3cc(-c4cnn(C)c4)cc23)nc1. The predicted molar refractivity (Wildman–Crippen MR) is 134 cm³/mol. The van der Waals surface area contributed by atoms with E-state index in [1.165, 1.54) is 18.5 Å². The molecule has 1 aromatic carbocycles. The van der Waals surface area contributed by atoms with Gasteiger partial charge in [-0.15, -0.1) is 0 Å². The van der Waals surface area contributed by atoms with Gasteiger partial charge in [0.25, 0.3) is 0 Å². The van der Waals surface area contributed by atoms with E-state index in [9.17, 15) is 9.50 Å². The Bertz CT molecular complexity index is 1460. The molecule has 11 heteroatoms. The Hall–Kier alpha value is -4.38. The van der Waals surface area contributed by atoms with Gasteiger partial charge in [-0.25, -0.2) is 23.9 Å². The molecule has 0 aliphatic rings. The summed E-state index contributed by atoms with van der Waals surface area (Å²) in [6.45, 7) is 2.97. The monoisotopic (exact) mass is 487 g/mol. The van der Waals surface area contributed by atoms with Gasteiger partial charge in [0.2, 0.25) is 5.95 Å². The van der Waals surface area contributed by atoms with Crippen molar-refractivity contribution < 1.29 is 9.50 Å². The third-order valence-electron chi connectivity index (χ3n) is 6.11. The molecule has 0 bridgehead atoms. The second-order valence-corrected chi connectivity index (χ2v) is 8.44. The molecule has 3 N–H and O–H groups in total. The van der Waals surface area contributed by atoms with E-state index >= 15 is 0 Å². The minimum absolute atomic E-state index is 0.352. The van der Waals surface area contributed by atoms with E-state index in [-0.39, 0.29) is 5.82 Å². The summed E-state index contributed by atoms with van der Waals surface area (Å²) in [4.78, 5) is 13.1. The van der Waals surface area contributed by atoms with Crippen molar-refractivity contribution in [3.05, 3.63) is 84.6 Å². The number of aromatic nitrogens is 7. The molecular formula is C25H26FN9O. The van der Waals surface area contributed by atoms with Gasteiger partial charge in [0.15, 0.2) is 5.82 Å². The van der Waals surface area contributed by atoms with E-state index in [1.807, 2.05) is 38.6 Å². The highest BCUT2D eigenvalue weighted by molar-refractivity contribution is 5.76. The minimum Gasteiger partial charge on any atom is -0.380 e. The molecule has 10 nitrogen and oxygen atoms in total. The second kappa shape index (κ2) is 9.70. The van der Waals surface area contributed by atoms with Crippen LogP contribution in [-0.2, 0) is 12.6 Å². The van der Waals surface area contributed by atoms with Crippen LogP contribution in [0.4, 0.5) is 16.2 Å². The lowest BCUT2D eigenvalue weighted by molar-refractivity contribution is 0.0757. The number of aliphatic hydroxyl groups is 1. The van der Waals surface area contributed by atoms with Crippen LogP contribution in [0.5, 0.6) is 0 Å². The number of nitrogens with one attached hydrogen (secondary N) is 2. The Morgan fingerprint density at radius 3 is 2.36 bits per heavy atom. The zero-order valence-electron chi connectivity index (χ0n) is 19.9. The molecule has 0 aliphatic carbocycles. The van der Waals surface area contributed by atoms with Crippen LogP contribution in [0.25, 0.3) is 16.6 Å². The Balaban J connectivity index is 1.21. The quantitative estimate of drug-likeness (QED) is 0.271. The van der Waals surface area contributed by atoms with Crippen LogP contribution in [0.2, 0.25) is 0 Å². The lowest BCUT2D eigenvalue weighted by Gasteiger charge is -2.27. The molecule has 4 heterocycles. The largest absolute Gasteiger partial charge is 0.380 e. The standard InChI is InChI=1S/C25H26FN9O/c1-3-25(36,19-4-6-21(26)7-5-19)20-12-29-24(30-13-20)28-9-8-27-23-22-10-17(15-35(22)33-16-31-23)18-11-32-34(2)14-18/h4-7,10-16,36H,3,8-9H2,1-2H3,(H,27,31,33)(H,28,29,30)/t25-/m0/s1. The molecule has 1 atom stereocenters. The number of nitrogens with zero attached hydrogens (tertiary/aromatic N) is 7. The summed E-state index contributed by atoms with van der Waals surface area (Å²) in [6, 6.07) is 7.83. The zero-order valence-corrected chi connectivity index (χ0v) is 19.9. The molecule has 0 saturated carbocycles. The molecule has 5 rings (SSSR count). The average molecular weight is 488 g/mol. The van der Waals surface area contributed by atoms with Crippen molar-refractivity contribution in [1.82, 2.24) is 34.3 Å². The number of anilines is 2. The Labute approximate surface area is 206 Å². The highest BCUT2D eigenvalue weighted by atomic mass is 19.1. The van der Waals surface area contributed by atoms with Crippen molar-refractivity contribution in [3.8, 4) is 11.1 Å². The van der Waals surface area contributed by atoms with E-state index in [2.05, 4.69) is 35.8 Å². The summed E-state index contributed by atoms with van der Waals surface area (Å²) in [5.74, 6) is 0.799. The van der Waals surface area contributed by atoms with Gasteiger partial charge in [0.1, 0.15) is 23.3 Å². The number of benzene rings is 1. The zero-order chi connectivity index (χ0) is 25.1. The Morgan fingerprint density at radius 1 is 0.917 bits per heavy atom. The van der Waals surface area contributed by atoms with Gasteiger partial charge in [-0.1, -0.05) is 19.1 Å². The maximum Gasteiger partial charge on any atom is 0.222 e. The van der Waals surface area contributed by atoms with Crippen LogP contribution in [-0.4, -0.2) is 52.5 Å². The second-order valence-electron chi connectivity index (χ2n) is 8.44. The number of aryl methyl sites for hydroxylation is 1. The Morgan fingerprint density at radius 2 is 1.67 bits per heavy atom. The fourth-order valence-corrected chi connectivity index (χ4v) is 4.08. The first-order chi connectivity index (χ1) is 17.5. The van der Waals surface area contributed by atoms with Crippen LogP contribution in [0.1, 0.15) is 24.5 Å². The first kappa shape index (κ1) is 23.4. The molecule has 0 aliphatic heterocycles. The number of hydrogen-bond acceptors (Lipinski definition) is 8. The molecular weight excluding hydrogens is 461 g/mol. The van der Waals surface area contributed by atoms with Crippen molar-refractivity contribution >= 4 is 17.3 Å².